The first-order chi connectivity index (χ1) is 13.5. The summed E-state index contributed by atoms with van der Waals surface area (Å²) in [4.78, 5) is 49.2. The average Bonchev–Trinajstić information content (AvgIpc) is 3.33. The zero-order valence-corrected chi connectivity index (χ0v) is 14.3. The van der Waals surface area contributed by atoms with Crippen molar-refractivity contribution in [3.63, 3.8) is 0 Å². The molecule has 0 saturated carbocycles. The van der Waals surface area contributed by atoms with Gasteiger partial charge >= 0.3 is 0 Å². The van der Waals surface area contributed by atoms with Gasteiger partial charge in [0.25, 0.3) is 23.6 Å². The van der Waals surface area contributed by atoms with E-state index >= 15 is 0 Å². The Kier molecular flexibility index (Phi) is 4.21. The molecule has 0 bridgehead atoms. The van der Waals surface area contributed by atoms with E-state index in [9.17, 15) is 19.2 Å². The van der Waals surface area contributed by atoms with Crippen LogP contribution in [0.2, 0.25) is 0 Å². The normalized spacial score (nSPS) is 12.6. The van der Waals surface area contributed by atoms with Crippen LogP contribution in [-0.4, -0.2) is 28.6 Å². The Labute approximate surface area is 158 Å². The van der Waals surface area contributed by atoms with Crippen LogP contribution >= 0.6 is 0 Å². The summed E-state index contributed by atoms with van der Waals surface area (Å²) in [5.41, 5.74) is 3.29. The molecule has 4 amide bonds. The van der Waals surface area contributed by atoms with Gasteiger partial charge in [0.2, 0.25) is 0 Å². The third kappa shape index (κ3) is 3.03. The summed E-state index contributed by atoms with van der Waals surface area (Å²) in [5.74, 6) is -2.21. The van der Waals surface area contributed by atoms with Gasteiger partial charge in [-0.1, -0.05) is 18.2 Å². The number of carbonyl (C=O) groups excluding carboxylic acids is 4. The molecular weight excluding hydrogens is 362 g/mol. The van der Waals surface area contributed by atoms with Crippen molar-refractivity contribution in [3.8, 4) is 0 Å². The van der Waals surface area contributed by atoms with Gasteiger partial charge in [-0.15, -0.1) is 0 Å². The number of amides is 4. The predicted molar refractivity (Wildman–Crippen MR) is 97.5 cm³/mol. The molecule has 0 fully saturated rings. The van der Waals surface area contributed by atoms with E-state index in [2.05, 4.69) is 10.7 Å². The smallest absolute Gasteiger partial charge is 0.291 e. The summed E-state index contributed by atoms with van der Waals surface area (Å²) in [7, 11) is 0. The molecule has 138 valence electrons. The van der Waals surface area contributed by atoms with Crippen molar-refractivity contribution in [1.82, 2.24) is 10.4 Å². The van der Waals surface area contributed by atoms with Gasteiger partial charge in [0, 0.05) is 11.3 Å². The molecule has 2 aromatic carbocycles. The summed E-state index contributed by atoms with van der Waals surface area (Å²) >= 11 is 0. The lowest BCUT2D eigenvalue weighted by Crippen LogP contribution is -2.45. The SMILES string of the molecule is O=C(NN1C(=O)c2ccccc2C1=O)c1cccc(NC(=O)c2ccco2)c1. The van der Waals surface area contributed by atoms with Crippen LogP contribution < -0.4 is 10.7 Å². The van der Waals surface area contributed by atoms with Crippen molar-refractivity contribution in [2.24, 2.45) is 0 Å². The van der Waals surface area contributed by atoms with E-state index < -0.39 is 23.6 Å². The molecule has 2 N–H and O–H groups in total. The van der Waals surface area contributed by atoms with E-state index in [1.54, 1.807) is 30.3 Å². The minimum absolute atomic E-state index is 0.126. The second-order valence-electron chi connectivity index (χ2n) is 5.94. The molecular formula is C20H13N3O5. The van der Waals surface area contributed by atoms with Crippen molar-refractivity contribution in [3.05, 3.63) is 89.4 Å². The number of rotatable bonds is 4. The Balaban J connectivity index is 1.49. The number of hydrazine groups is 1. The molecule has 0 aliphatic carbocycles. The van der Waals surface area contributed by atoms with Gasteiger partial charge in [-0.2, -0.15) is 5.01 Å². The van der Waals surface area contributed by atoms with Crippen molar-refractivity contribution in [1.29, 1.82) is 0 Å². The number of benzene rings is 2. The maximum Gasteiger partial charge on any atom is 0.291 e. The summed E-state index contributed by atoms with van der Waals surface area (Å²) in [6.07, 6.45) is 1.38. The van der Waals surface area contributed by atoms with E-state index in [1.165, 1.54) is 36.6 Å². The van der Waals surface area contributed by atoms with Crippen molar-refractivity contribution < 1.29 is 23.6 Å². The van der Waals surface area contributed by atoms with Crippen LogP contribution in [0.4, 0.5) is 5.69 Å². The number of carbonyl (C=O) groups is 4. The maximum absolute atomic E-state index is 12.5. The molecule has 0 atom stereocenters. The molecule has 0 spiro atoms. The monoisotopic (exact) mass is 375 g/mol. The van der Waals surface area contributed by atoms with Gasteiger partial charge in [0.05, 0.1) is 17.4 Å². The highest BCUT2D eigenvalue weighted by Gasteiger charge is 2.36. The number of fused-ring (bicyclic) bond motifs is 1. The standard InChI is InChI=1S/C20H13N3O5/c24-17(22-23-19(26)14-7-1-2-8-15(14)20(23)27)12-5-3-6-13(11-12)21-18(25)16-9-4-10-28-16/h1-11H,(H,21,25)(H,22,24). The fourth-order valence-electron chi connectivity index (χ4n) is 2.80. The van der Waals surface area contributed by atoms with Crippen LogP contribution in [0, 0.1) is 0 Å². The highest BCUT2D eigenvalue weighted by molar-refractivity contribution is 6.22. The third-order valence-electron chi connectivity index (χ3n) is 4.14. The molecule has 0 saturated heterocycles. The first-order valence-corrected chi connectivity index (χ1v) is 8.28. The lowest BCUT2D eigenvalue weighted by Gasteiger charge is -2.15. The van der Waals surface area contributed by atoms with Crippen LogP contribution in [0.25, 0.3) is 0 Å². The van der Waals surface area contributed by atoms with E-state index in [4.69, 9.17) is 4.42 Å². The molecule has 8 heteroatoms. The van der Waals surface area contributed by atoms with Gasteiger partial charge in [0.1, 0.15) is 0 Å². The second-order valence-corrected chi connectivity index (χ2v) is 5.94. The number of furan rings is 1. The molecule has 3 aromatic rings. The largest absolute Gasteiger partial charge is 0.459 e. The summed E-state index contributed by atoms with van der Waals surface area (Å²) in [6.45, 7) is 0. The van der Waals surface area contributed by atoms with E-state index in [-0.39, 0.29) is 22.5 Å². The number of hydrogen-bond donors (Lipinski definition) is 2. The number of nitrogens with zero attached hydrogens (tertiary/aromatic N) is 1. The quantitative estimate of drug-likeness (QED) is 0.681. The molecule has 1 aromatic heterocycles. The molecule has 4 rings (SSSR count). The molecule has 1 aliphatic heterocycles. The Morgan fingerprint density at radius 1 is 0.821 bits per heavy atom. The van der Waals surface area contributed by atoms with E-state index in [1.807, 2.05) is 0 Å². The van der Waals surface area contributed by atoms with Gasteiger partial charge in [-0.25, -0.2) is 0 Å². The van der Waals surface area contributed by atoms with Gasteiger partial charge in [-0.05, 0) is 42.5 Å². The topological polar surface area (TPSA) is 109 Å². The lowest BCUT2D eigenvalue weighted by atomic mass is 10.1. The fourth-order valence-corrected chi connectivity index (χ4v) is 2.80. The average molecular weight is 375 g/mol. The molecule has 2 heterocycles. The van der Waals surface area contributed by atoms with E-state index in [0.29, 0.717) is 10.7 Å². The number of hydrogen-bond acceptors (Lipinski definition) is 5. The van der Waals surface area contributed by atoms with Crippen LogP contribution in [-0.2, 0) is 0 Å². The highest BCUT2D eigenvalue weighted by atomic mass is 16.3. The minimum Gasteiger partial charge on any atom is -0.459 e. The van der Waals surface area contributed by atoms with Crippen LogP contribution in [0.3, 0.4) is 0 Å². The molecule has 8 nitrogen and oxygen atoms in total. The summed E-state index contributed by atoms with van der Waals surface area (Å²) in [6, 6.07) is 15.5. The molecule has 0 radical (unpaired) electrons. The Hall–Kier alpha value is -4.20. The Morgan fingerprint density at radius 3 is 2.18 bits per heavy atom. The fraction of sp³-hybridized carbons (Fsp3) is 0. The first-order valence-electron chi connectivity index (χ1n) is 8.28. The van der Waals surface area contributed by atoms with E-state index in [0.717, 1.165) is 0 Å². The van der Waals surface area contributed by atoms with Crippen LogP contribution in [0.1, 0.15) is 41.6 Å². The Morgan fingerprint density at radius 2 is 1.54 bits per heavy atom. The summed E-state index contributed by atoms with van der Waals surface area (Å²) in [5, 5.41) is 3.29. The predicted octanol–water partition coefficient (Wildman–Crippen LogP) is 2.47. The van der Waals surface area contributed by atoms with Crippen LogP contribution in [0.15, 0.2) is 71.3 Å². The summed E-state index contributed by atoms with van der Waals surface area (Å²) < 4.78 is 5.02. The highest BCUT2D eigenvalue weighted by Crippen LogP contribution is 2.21. The molecule has 0 unspecified atom stereocenters. The third-order valence-corrected chi connectivity index (χ3v) is 4.14. The van der Waals surface area contributed by atoms with Gasteiger partial charge < -0.3 is 9.73 Å². The molecule has 28 heavy (non-hydrogen) atoms. The number of imide groups is 1. The van der Waals surface area contributed by atoms with Crippen molar-refractivity contribution >= 4 is 29.3 Å². The number of anilines is 1. The van der Waals surface area contributed by atoms with Crippen LogP contribution in [0.5, 0.6) is 0 Å². The van der Waals surface area contributed by atoms with Gasteiger partial charge in [0.15, 0.2) is 5.76 Å². The van der Waals surface area contributed by atoms with Gasteiger partial charge in [-0.3, -0.25) is 24.6 Å². The second kappa shape index (κ2) is 6.84. The minimum atomic E-state index is -0.663. The Bertz CT molecular complexity index is 1070. The number of nitrogens with one attached hydrogen (secondary N) is 2. The zero-order chi connectivity index (χ0) is 19.7. The van der Waals surface area contributed by atoms with Crippen molar-refractivity contribution in [2.75, 3.05) is 5.32 Å². The lowest BCUT2D eigenvalue weighted by molar-refractivity contribution is 0.0518. The first kappa shape index (κ1) is 17.2. The van der Waals surface area contributed by atoms with Crippen molar-refractivity contribution in [2.45, 2.75) is 0 Å². The zero-order valence-electron chi connectivity index (χ0n) is 14.3. The molecule has 1 aliphatic rings. The maximum atomic E-state index is 12.5.